The summed E-state index contributed by atoms with van der Waals surface area (Å²) in [6.07, 6.45) is 2.79. The summed E-state index contributed by atoms with van der Waals surface area (Å²) in [5.74, 6) is -0.457. The minimum absolute atomic E-state index is 0.00603. The van der Waals surface area contributed by atoms with Crippen molar-refractivity contribution in [3.63, 3.8) is 0 Å². The Morgan fingerprint density at radius 1 is 1.30 bits per heavy atom. The lowest BCUT2D eigenvalue weighted by Gasteiger charge is -2.39. The van der Waals surface area contributed by atoms with Crippen molar-refractivity contribution in [2.75, 3.05) is 0 Å². The average Bonchev–Trinajstić information content (AvgIpc) is 2.28. The van der Waals surface area contributed by atoms with E-state index in [9.17, 15) is 13.2 Å². The highest BCUT2D eigenvalue weighted by atomic mass is 35.7. The monoisotopic (exact) mass is 355 g/mol. The Morgan fingerprint density at radius 3 is 2.35 bits per heavy atom. The molecule has 1 aromatic rings. The number of benzene rings is 1. The summed E-state index contributed by atoms with van der Waals surface area (Å²) in [6, 6.07) is 2.25. The maximum absolute atomic E-state index is 12.2. The zero-order valence-electron chi connectivity index (χ0n) is 10.5. The molecule has 1 aliphatic carbocycles. The van der Waals surface area contributed by atoms with Gasteiger partial charge in [0.1, 0.15) is 0 Å². The number of amides is 1. The highest BCUT2D eigenvalue weighted by Crippen LogP contribution is 2.34. The Morgan fingerprint density at radius 2 is 1.90 bits per heavy atom. The van der Waals surface area contributed by atoms with Crippen LogP contribution < -0.4 is 5.32 Å². The van der Waals surface area contributed by atoms with Crippen LogP contribution in [0, 0.1) is 0 Å². The fourth-order valence-corrected chi connectivity index (χ4v) is 3.31. The lowest BCUT2D eigenvalue weighted by atomic mass is 9.78. The molecule has 1 saturated carbocycles. The minimum Gasteiger partial charge on any atom is -0.347 e. The predicted molar refractivity (Wildman–Crippen MR) is 79.2 cm³/mol. The van der Waals surface area contributed by atoms with Gasteiger partial charge in [-0.25, -0.2) is 8.42 Å². The number of halogens is 3. The van der Waals surface area contributed by atoms with Crippen molar-refractivity contribution in [2.24, 2.45) is 0 Å². The van der Waals surface area contributed by atoms with Crippen LogP contribution in [-0.2, 0) is 9.05 Å². The van der Waals surface area contributed by atoms with Crippen LogP contribution in [0.2, 0.25) is 10.0 Å². The lowest BCUT2D eigenvalue weighted by Crippen LogP contribution is -2.51. The van der Waals surface area contributed by atoms with Crippen molar-refractivity contribution in [3.05, 3.63) is 27.7 Å². The van der Waals surface area contributed by atoms with E-state index >= 15 is 0 Å². The molecule has 0 radical (unpaired) electrons. The molecular weight excluding hydrogens is 345 g/mol. The predicted octanol–water partition coefficient (Wildman–Crippen LogP) is 3.59. The van der Waals surface area contributed by atoms with Crippen molar-refractivity contribution in [1.82, 2.24) is 5.32 Å². The van der Waals surface area contributed by atoms with Gasteiger partial charge in [-0.15, -0.1) is 0 Å². The van der Waals surface area contributed by atoms with E-state index in [1.807, 2.05) is 6.92 Å². The molecule has 20 heavy (non-hydrogen) atoms. The molecule has 4 nitrogen and oxygen atoms in total. The van der Waals surface area contributed by atoms with Crippen LogP contribution in [0.1, 0.15) is 36.5 Å². The first-order valence-electron chi connectivity index (χ1n) is 5.89. The van der Waals surface area contributed by atoms with E-state index in [0.29, 0.717) is 0 Å². The first kappa shape index (κ1) is 15.9. The van der Waals surface area contributed by atoms with E-state index in [1.54, 1.807) is 0 Å². The van der Waals surface area contributed by atoms with Gasteiger partial charge in [-0.1, -0.05) is 23.2 Å². The van der Waals surface area contributed by atoms with Crippen molar-refractivity contribution < 1.29 is 13.2 Å². The fourth-order valence-electron chi connectivity index (χ4n) is 2.04. The first-order valence-corrected chi connectivity index (χ1v) is 8.95. The third-order valence-electron chi connectivity index (χ3n) is 3.40. The molecule has 0 atom stereocenters. The molecule has 1 amide bonds. The normalized spacial score (nSPS) is 17.4. The van der Waals surface area contributed by atoms with Gasteiger partial charge in [-0.3, -0.25) is 4.79 Å². The summed E-state index contributed by atoms with van der Waals surface area (Å²) in [7, 11) is 1.29. The molecule has 0 unspecified atom stereocenters. The molecular formula is C12H12Cl3NO3S. The van der Waals surface area contributed by atoms with E-state index < -0.39 is 15.0 Å². The van der Waals surface area contributed by atoms with Gasteiger partial charge in [-0.2, -0.15) is 0 Å². The van der Waals surface area contributed by atoms with Gasteiger partial charge in [0.2, 0.25) is 0 Å². The smallest absolute Gasteiger partial charge is 0.261 e. The number of carbonyl (C=O) groups is 1. The largest absolute Gasteiger partial charge is 0.347 e. The summed E-state index contributed by atoms with van der Waals surface area (Å²) >= 11 is 11.8. The molecule has 0 aliphatic heterocycles. The van der Waals surface area contributed by atoms with E-state index in [2.05, 4.69) is 5.32 Å². The standard InChI is InChI=1S/C12H12Cl3NO3S/c1-12(3-2-4-12)16-11(17)8-5-7(20(15,18)19)6-9(13)10(8)14/h5-6H,2-4H2,1H3,(H,16,17). The van der Waals surface area contributed by atoms with Crippen LogP contribution in [0.4, 0.5) is 0 Å². The van der Waals surface area contributed by atoms with Crippen molar-refractivity contribution in [1.29, 1.82) is 0 Å². The molecule has 0 aromatic heterocycles. The van der Waals surface area contributed by atoms with E-state index in [0.717, 1.165) is 31.4 Å². The molecule has 8 heteroatoms. The Kier molecular flexibility index (Phi) is 4.27. The Hall–Kier alpha value is -0.490. The summed E-state index contributed by atoms with van der Waals surface area (Å²) in [6.45, 7) is 1.92. The van der Waals surface area contributed by atoms with Gasteiger partial charge in [0.25, 0.3) is 15.0 Å². The topological polar surface area (TPSA) is 63.2 Å². The van der Waals surface area contributed by atoms with Gasteiger partial charge in [0.15, 0.2) is 0 Å². The molecule has 1 N–H and O–H groups in total. The third-order valence-corrected chi connectivity index (χ3v) is 5.54. The zero-order chi connectivity index (χ0) is 15.1. The number of nitrogens with one attached hydrogen (secondary N) is 1. The fraction of sp³-hybridized carbons (Fsp3) is 0.417. The molecule has 0 heterocycles. The van der Waals surface area contributed by atoms with Crippen molar-refractivity contribution in [3.8, 4) is 0 Å². The number of carbonyl (C=O) groups excluding carboxylic acids is 1. The van der Waals surface area contributed by atoms with Crippen LogP contribution in [0.25, 0.3) is 0 Å². The maximum Gasteiger partial charge on any atom is 0.261 e. The summed E-state index contributed by atoms with van der Waals surface area (Å²) in [5, 5.41) is 2.82. The number of rotatable bonds is 3. The van der Waals surface area contributed by atoms with E-state index in [4.69, 9.17) is 33.9 Å². The third kappa shape index (κ3) is 3.22. The Bertz CT molecular complexity index is 669. The highest BCUT2D eigenvalue weighted by molar-refractivity contribution is 8.13. The SMILES string of the molecule is CC1(NC(=O)c2cc(S(=O)(=O)Cl)cc(Cl)c2Cl)CCC1. The summed E-state index contributed by atoms with van der Waals surface area (Å²) in [5.41, 5.74) is -0.269. The maximum atomic E-state index is 12.2. The summed E-state index contributed by atoms with van der Waals surface area (Å²) < 4.78 is 22.7. The van der Waals surface area contributed by atoms with E-state index in [1.165, 1.54) is 0 Å². The molecule has 0 saturated heterocycles. The second-order valence-electron chi connectivity index (χ2n) is 5.07. The van der Waals surface area contributed by atoms with Crippen LogP contribution >= 0.6 is 33.9 Å². The molecule has 110 valence electrons. The highest BCUT2D eigenvalue weighted by Gasteiger charge is 2.34. The Balaban J connectivity index is 2.40. The lowest BCUT2D eigenvalue weighted by molar-refractivity contribution is 0.0850. The second kappa shape index (κ2) is 5.37. The number of hydrogen-bond donors (Lipinski definition) is 1. The molecule has 0 bridgehead atoms. The first-order chi connectivity index (χ1) is 9.12. The molecule has 0 spiro atoms. The Labute approximate surface area is 131 Å². The van der Waals surface area contributed by atoms with Crippen LogP contribution in [-0.4, -0.2) is 19.9 Å². The van der Waals surface area contributed by atoms with Gasteiger partial charge in [0.05, 0.1) is 20.5 Å². The van der Waals surface area contributed by atoms with E-state index in [-0.39, 0.29) is 26.0 Å². The van der Waals surface area contributed by atoms with Crippen molar-refractivity contribution >= 4 is 48.8 Å². The minimum atomic E-state index is -3.98. The molecule has 1 aromatic carbocycles. The quantitative estimate of drug-likeness (QED) is 0.842. The number of hydrogen-bond acceptors (Lipinski definition) is 3. The van der Waals surface area contributed by atoms with Gasteiger partial charge in [-0.05, 0) is 38.3 Å². The van der Waals surface area contributed by atoms with Gasteiger partial charge < -0.3 is 5.32 Å². The molecule has 1 fully saturated rings. The second-order valence-corrected chi connectivity index (χ2v) is 8.42. The average molecular weight is 357 g/mol. The molecule has 2 rings (SSSR count). The zero-order valence-corrected chi connectivity index (χ0v) is 13.6. The van der Waals surface area contributed by atoms with Gasteiger partial charge >= 0.3 is 0 Å². The molecule has 1 aliphatic rings. The van der Waals surface area contributed by atoms with Crippen LogP contribution in [0.5, 0.6) is 0 Å². The van der Waals surface area contributed by atoms with Crippen molar-refractivity contribution in [2.45, 2.75) is 36.6 Å². The summed E-state index contributed by atoms with van der Waals surface area (Å²) in [4.78, 5) is 12.0. The van der Waals surface area contributed by atoms with Gasteiger partial charge in [0, 0.05) is 16.2 Å². The van der Waals surface area contributed by atoms with Crippen LogP contribution in [0.15, 0.2) is 17.0 Å². The van der Waals surface area contributed by atoms with Crippen LogP contribution in [0.3, 0.4) is 0 Å².